The van der Waals surface area contributed by atoms with Crippen molar-refractivity contribution < 1.29 is 14.1 Å². The zero-order chi connectivity index (χ0) is 18.9. The number of nitrogens with zero attached hydrogens (tertiary/aromatic N) is 3. The molecular formula is C19H24N4O3S. The number of benzene rings is 1. The Bertz CT molecular complexity index is 819. The molecule has 0 saturated carbocycles. The van der Waals surface area contributed by atoms with Gasteiger partial charge < -0.3 is 19.5 Å². The molecule has 4 rings (SSSR count). The Labute approximate surface area is 162 Å². The number of carbonyl (C=O) groups is 1. The van der Waals surface area contributed by atoms with Crippen LogP contribution in [-0.4, -0.2) is 53.6 Å². The number of thioether (sulfide) groups is 1. The van der Waals surface area contributed by atoms with E-state index < -0.39 is 0 Å². The third kappa shape index (κ3) is 3.68. The van der Waals surface area contributed by atoms with Crippen LogP contribution in [0.15, 0.2) is 33.7 Å². The minimum atomic E-state index is -0.0853. The molecule has 7 nitrogen and oxygen atoms in total. The number of amides is 2. The van der Waals surface area contributed by atoms with E-state index in [1.54, 1.807) is 11.8 Å². The number of rotatable bonds is 3. The summed E-state index contributed by atoms with van der Waals surface area (Å²) >= 11 is 1.65. The van der Waals surface area contributed by atoms with E-state index in [4.69, 9.17) is 9.26 Å². The summed E-state index contributed by atoms with van der Waals surface area (Å²) < 4.78 is 11.1. The van der Waals surface area contributed by atoms with E-state index in [2.05, 4.69) is 15.5 Å². The minimum absolute atomic E-state index is 0.0471. The summed E-state index contributed by atoms with van der Waals surface area (Å²) in [6.45, 7) is 4.48. The van der Waals surface area contributed by atoms with Gasteiger partial charge in [0.25, 0.3) is 0 Å². The van der Waals surface area contributed by atoms with Crippen LogP contribution in [0, 0.1) is 12.3 Å². The van der Waals surface area contributed by atoms with Crippen molar-refractivity contribution in [3.8, 4) is 0 Å². The van der Waals surface area contributed by atoms with E-state index in [0.717, 1.165) is 23.4 Å². The summed E-state index contributed by atoms with van der Waals surface area (Å²) in [5, 5.41) is 6.99. The number of carbonyl (C=O) groups excluding carboxylic acids is 1. The monoisotopic (exact) mass is 388 g/mol. The molecule has 0 bridgehead atoms. The summed E-state index contributed by atoms with van der Waals surface area (Å²) in [7, 11) is 0. The van der Waals surface area contributed by atoms with Crippen molar-refractivity contribution in [3.05, 3.63) is 36.0 Å². The van der Waals surface area contributed by atoms with Gasteiger partial charge in [-0.1, -0.05) is 11.2 Å². The number of aromatic nitrogens is 2. The number of aryl methyl sites for hydroxylation is 1. The van der Waals surface area contributed by atoms with Gasteiger partial charge in [-0.25, -0.2) is 4.79 Å². The summed E-state index contributed by atoms with van der Waals surface area (Å²) in [6, 6.07) is 7.80. The molecule has 1 N–H and O–H groups in total. The van der Waals surface area contributed by atoms with Crippen molar-refractivity contribution in [3.63, 3.8) is 0 Å². The number of anilines is 1. The largest absolute Gasteiger partial charge is 0.381 e. The molecule has 2 aliphatic rings. The van der Waals surface area contributed by atoms with Crippen LogP contribution < -0.4 is 5.32 Å². The average molecular weight is 388 g/mol. The first-order valence-corrected chi connectivity index (χ1v) is 10.4. The summed E-state index contributed by atoms with van der Waals surface area (Å²) in [5.74, 6) is 1.31. The number of likely N-dealkylation sites (tertiary alicyclic amines) is 1. The van der Waals surface area contributed by atoms with Crippen molar-refractivity contribution in [1.82, 2.24) is 15.0 Å². The number of urea groups is 1. The van der Waals surface area contributed by atoms with Crippen LogP contribution in [0.5, 0.6) is 0 Å². The second kappa shape index (κ2) is 7.52. The maximum atomic E-state index is 12.9. The third-order valence-corrected chi connectivity index (χ3v) is 6.31. The zero-order valence-corrected chi connectivity index (χ0v) is 16.4. The molecule has 2 fully saturated rings. The van der Waals surface area contributed by atoms with Crippen molar-refractivity contribution in [1.29, 1.82) is 0 Å². The molecule has 2 saturated heterocycles. The Morgan fingerprint density at radius 3 is 2.89 bits per heavy atom. The topological polar surface area (TPSA) is 80.5 Å². The molecule has 1 aromatic heterocycles. The predicted molar refractivity (Wildman–Crippen MR) is 103 cm³/mol. The predicted octanol–water partition coefficient (Wildman–Crippen LogP) is 3.53. The SMILES string of the molecule is CSc1cccc(NC(=O)N2C[C@H](c3nc(C)no3)C3(CCOCC3)C2)c1. The van der Waals surface area contributed by atoms with Gasteiger partial charge in [0.1, 0.15) is 0 Å². The molecule has 0 radical (unpaired) electrons. The Kier molecular flexibility index (Phi) is 5.10. The zero-order valence-electron chi connectivity index (χ0n) is 15.6. The van der Waals surface area contributed by atoms with Gasteiger partial charge in [-0.05, 0) is 44.2 Å². The van der Waals surface area contributed by atoms with Crippen molar-refractivity contribution >= 4 is 23.5 Å². The maximum Gasteiger partial charge on any atom is 0.321 e. The molecule has 144 valence electrons. The molecule has 2 aliphatic heterocycles. The molecule has 1 spiro atoms. The lowest BCUT2D eigenvalue weighted by Gasteiger charge is -2.36. The number of hydrogen-bond donors (Lipinski definition) is 1. The number of nitrogens with one attached hydrogen (secondary N) is 1. The van der Waals surface area contributed by atoms with Crippen molar-refractivity contribution in [2.75, 3.05) is 37.9 Å². The quantitative estimate of drug-likeness (QED) is 0.810. The summed E-state index contributed by atoms with van der Waals surface area (Å²) in [6.07, 6.45) is 3.81. The molecule has 27 heavy (non-hydrogen) atoms. The second-order valence-corrected chi connectivity index (χ2v) is 8.13. The highest BCUT2D eigenvalue weighted by molar-refractivity contribution is 7.98. The van der Waals surface area contributed by atoms with Crippen LogP contribution in [0.2, 0.25) is 0 Å². The highest BCUT2D eigenvalue weighted by Crippen LogP contribution is 2.49. The van der Waals surface area contributed by atoms with E-state index in [-0.39, 0.29) is 17.4 Å². The van der Waals surface area contributed by atoms with E-state index in [0.29, 0.717) is 38.0 Å². The van der Waals surface area contributed by atoms with Gasteiger partial charge in [-0.2, -0.15) is 4.98 Å². The first kappa shape index (κ1) is 18.3. The van der Waals surface area contributed by atoms with Crippen LogP contribution in [0.3, 0.4) is 0 Å². The standard InChI is InChI=1S/C19H24N4O3S/c1-13-20-17(26-22-13)16-11-23(12-19(16)6-8-25-9-7-19)18(24)21-14-4-3-5-15(10-14)27-2/h3-5,10,16H,6-9,11-12H2,1-2H3,(H,21,24)/t16-/m1/s1. The molecule has 2 aromatic rings. The highest BCUT2D eigenvalue weighted by Gasteiger charge is 2.51. The lowest BCUT2D eigenvalue weighted by atomic mass is 9.72. The van der Waals surface area contributed by atoms with Gasteiger partial charge in [0, 0.05) is 42.3 Å². The molecule has 8 heteroatoms. The normalized spacial score (nSPS) is 21.6. The van der Waals surface area contributed by atoms with Crippen LogP contribution in [0.1, 0.15) is 30.5 Å². The summed E-state index contributed by atoms with van der Waals surface area (Å²) in [5.41, 5.74) is 0.750. The minimum Gasteiger partial charge on any atom is -0.381 e. The van der Waals surface area contributed by atoms with Gasteiger partial charge >= 0.3 is 6.03 Å². The Morgan fingerprint density at radius 2 is 2.19 bits per heavy atom. The molecule has 0 aliphatic carbocycles. The van der Waals surface area contributed by atoms with Crippen molar-refractivity contribution in [2.24, 2.45) is 5.41 Å². The fourth-order valence-electron chi connectivity index (χ4n) is 4.11. The highest BCUT2D eigenvalue weighted by atomic mass is 32.2. The Morgan fingerprint density at radius 1 is 1.37 bits per heavy atom. The molecule has 0 unspecified atom stereocenters. The molecule has 2 amide bonds. The Hall–Kier alpha value is -2.06. The van der Waals surface area contributed by atoms with E-state index >= 15 is 0 Å². The second-order valence-electron chi connectivity index (χ2n) is 7.25. The lowest BCUT2D eigenvalue weighted by Crippen LogP contribution is -2.38. The van der Waals surface area contributed by atoms with Gasteiger partial charge in [-0.3, -0.25) is 0 Å². The van der Waals surface area contributed by atoms with Crippen LogP contribution in [0.25, 0.3) is 0 Å². The number of ether oxygens (including phenoxy) is 1. The van der Waals surface area contributed by atoms with E-state index in [9.17, 15) is 4.79 Å². The smallest absolute Gasteiger partial charge is 0.321 e. The van der Waals surface area contributed by atoms with Gasteiger partial charge in [0.15, 0.2) is 5.82 Å². The molecule has 1 aromatic carbocycles. The van der Waals surface area contributed by atoms with Crippen LogP contribution in [0.4, 0.5) is 10.5 Å². The molecule has 3 heterocycles. The maximum absolute atomic E-state index is 12.9. The first-order chi connectivity index (χ1) is 13.1. The van der Waals surface area contributed by atoms with Gasteiger partial charge in [0.05, 0.1) is 5.92 Å². The third-order valence-electron chi connectivity index (χ3n) is 5.59. The number of hydrogen-bond acceptors (Lipinski definition) is 6. The van der Waals surface area contributed by atoms with Crippen molar-refractivity contribution in [2.45, 2.75) is 30.6 Å². The average Bonchev–Trinajstić information content (AvgIpc) is 3.26. The van der Waals surface area contributed by atoms with Crippen LogP contribution >= 0.6 is 11.8 Å². The molecule has 1 atom stereocenters. The fraction of sp³-hybridized carbons (Fsp3) is 0.526. The van der Waals surface area contributed by atoms with Gasteiger partial charge in [0.2, 0.25) is 5.89 Å². The first-order valence-electron chi connectivity index (χ1n) is 9.18. The fourth-order valence-corrected chi connectivity index (χ4v) is 4.57. The molecular weight excluding hydrogens is 364 g/mol. The van der Waals surface area contributed by atoms with Gasteiger partial charge in [-0.15, -0.1) is 11.8 Å². The lowest BCUT2D eigenvalue weighted by molar-refractivity contribution is 0.00959. The van der Waals surface area contributed by atoms with Crippen LogP contribution in [-0.2, 0) is 4.74 Å². The Balaban J connectivity index is 1.54. The summed E-state index contributed by atoms with van der Waals surface area (Å²) in [4.78, 5) is 20.4. The van der Waals surface area contributed by atoms with E-state index in [1.165, 1.54) is 0 Å². The van der Waals surface area contributed by atoms with E-state index in [1.807, 2.05) is 42.3 Å².